The highest BCUT2D eigenvalue weighted by Gasteiger charge is 2.56. The fourth-order valence-electron chi connectivity index (χ4n) is 4.95. The molecule has 2 heterocycles. The number of anilines is 1. The van der Waals surface area contributed by atoms with E-state index in [1.807, 2.05) is 36.4 Å². The van der Waals surface area contributed by atoms with Gasteiger partial charge in [-0.15, -0.1) is 0 Å². The number of hydrogen-bond acceptors (Lipinski definition) is 5. The Kier molecular flexibility index (Phi) is 4.05. The number of hydrogen-bond donors (Lipinski definition) is 2. The second kappa shape index (κ2) is 6.68. The summed E-state index contributed by atoms with van der Waals surface area (Å²) in [6.07, 6.45) is 3.72. The van der Waals surface area contributed by atoms with Crippen molar-refractivity contribution in [2.45, 2.75) is 36.6 Å². The quantitative estimate of drug-likeness (QED) is 0.629. The molecule has 2 saturated carbocycles. The van der Waals surface area contributed by atoms with Crippen molar-refractivity contribution in [3.8, 4) is 11.4 Å². The molecule has 1 aromatic heterocycles. The van der Waals surface area contributed by atoms with Crippen molar-refractivity contribution in [1.82, 2.24) is 9.78 Å². The van der Waals surface area contributed by atoms with Crippen LogP contribution in [-0.2, 0) is 11.0 Å². The van der Waals surface area contributed by atoms with Crippen LogP contribution in [0.5, 0.6) is 5.75 Å². The summed E-state index contributed by atoms with van der Waals surface area (Å²) in [5, 5.41) is 4.52. The lowest BCUT2D eigenvalue weighted by Gasteiger charge is -2.33. The third-order valence-electron chi connectivity index (χ3n) is 7.27. The predicted molar refractivity (Wildman–Crippen MR) is 123 cm³/mol. The maximum atomic E-state index is 13.8. The summed E-state index contributed by atoms with van der Waals surface area (Å²) < 4.78 is 6.80. The second-order valence-electron chi connectivity index (χ2n) is 9.42. The number of amides is 2. The molecule has 2 fully saturated rings. The molecule has 2 amide bonds. The Morgan fingerprint density at radius 1 is 1.00 bits per heavy atom. The highest BCUT2D eigenvalue weighted by molar-refractivity contribution is 6.10. The van der Waals surface area contributed by atoms with E-state index in [1.165, 1.54) is 0 Å². The molecule has 3 aromatic rings. The number of aromatic nitrogens is 2. The fraction of sp³-hybridized carbons (Fsp3) is 0.320. The predicted octanol–water partition coefficient (Wildman–Crippen LogP) is 2.62. The Hall–Kier alpha value is -3.65. The molecular weight excluding hydrogens is 418 g/mol. The van der Waals surface area contributed by atoms with Gasteiger partial charge in [0.1, 0.15) is 11.4 Å². The van der Waals surface area contributed by atoms with Crippen molar-refractivity contribution in [3.63, 3.8) is 0 Å². The summed E-state index contributed by atoms with van der Waals surface area (Å²) in [6.45, 7) is 0.501. The average Bonchev–Trinajstić information content (AvgIpc) is 3.73. The Morgan fingerprint density at radius 2 is 1.64 bits per heavy atom. The van der Waals surface area contributed by atoms with Crippen LogP contribution in [0.25, 0.3) is 5.69 Å². The summed E-state index contributed by atoms with van der Waals surface area (Å²) in [5.74, 6) is -0.122. The number of carbonyl (C=O) groups excluding carboxylic acids is 2. The summed E-state index contributed by atoms with van der Waals surface area (Å²) >= 11 is 0. The first-order chi connectivity index (χ1) is 15.8. The smallest absolute Gasteiger partial charge is 0.277 e. The normalized spacial score (nSPS) is 19.3. The molecule has 0 radical (unpaired) electrons. The first kappa shape index (κ1) is 20.0. The molecule has 1 spiro atoms. The Labute approximate surface area is 191 Å². The van der Waals surface area contributed by atoms with Gasteiger partial charge in [0.15, 0.2) is 5.69 Å². The molecule has 2 aromatic carbocycles. The minimum absolute atomic E-state index is 0.181. The van der Waals surface area contributed by atoms with Gasteiger partial charge in [0.05, 0.1) is 12.8 Å². The van der Waals surface area contributed by atoms with E-state index in [4.69, 9.17) is 16.2 Å². The van der Waals surface area contributed by atoms with Crippen molar-refractivity contribution in [2.75, 3.05) is 18.6 Å². The molecule has 8 nitrogen and oxygen atoms in total. The first-order valence-electron chi connectivity index (χ1n) is 11.1. The number of carbonyl (C=O) groups is 2. The van der Waals surface area contributed by atoms with Crippen LogP contribution >= 0.6 is 0 Å². The van der Waals surface area contributed by atoms with E-state index in [-0.39, 0.29) is 22.6 Å². The molecule has 1 aliphatic heterocycles. The van der Waals surface area contributed by atoms with Gasteiger partial charge in [-0.05, 0) is 67.6 Å². The fourth-order valence-corrected chi connectivity index (χ4v) is 4.95. The zero-order valence-electron chi connectivity index (χ0n) is 18.4. The number of fused-ring (bicyclic) bond motifs is 2. The number of methoxy groups -OCH3 is 1. The number of nitrogens with two attached hydrogens (primary N) is 2. The van der Waals surface area contributed by atoms with Gasteiger partial charge in [-0.25, -0.2) is 4.68 Å². The number of rotatable bonds is 5. The first-order valence-corrected chi connectivity index (χ1v) is 11.1. The van der Waals surface area contributed by atoms with Crippen LogP contribution in [0, 0.1) is 0 Å². The zero-order valence-corrected chi connectivity index (χ0v) is 18.4. The largest absolute Gasteiger partial charge is 0.497 e. The van der Waals surface area contributed by atoms with Crippen LogP contribution in [0.15, 0.2) is 48.5 Å². The van der Waals surface area contributed by atoms with E-state index in [9.17, 15) is 9.59 Å². The highest BCUT2D eigenvalue weighted by atomic mass is 16.5. The van der Waals surface area contributed by atoms with Crippen LogP contribution in [0.4, 0.5) is 5.69 Å². The standard InChI is InChI=1S/C25H25N5O3/c1-33-18-8-6-17(7-9-18)30-21-19(20(28-30)22(26)31)24(10-11-24)14-29(23(21)32)16-4-2-15(3-5-16)25(27)12-13-25/h2-9H,10-14,27H2,1H3,(H2,26,31). The second-order valence-corrected chi connectivity index (χ2v) is 9.42. The van der Waals surface area contributed by atoms with Gasteiger partial charge in [0.25, 0.3) is 11.8 Å². The van der Waals surface area contributed by atoms with Gasteiger partial charge in [-0.3, -0.25) is 9.59 Å². The van der Waals surface area contributed by atoms with Crippen molar-refractivity contribution in [2.24, 2.45) is 11.5 Å². The maximum absolute atomic E-state index is 13.8. The van der Waals surface area contributed by atoms with Crippen LogP contribution in [0.1, 0.15) is 57.8 Å². The summed E-state index contributed by atoms with van der Waals surface area (Å²) in [7, 11) is 1.59. The molecule has 0 unspecified atom stereocenters. The minimum atomic E-state index is -0.618. The third-order valence-corrected chi connectivity index (χ3v) is 7.27. The maximum Gasteiger partial charge on any atom is 0.277 e. The van der Waals surface area contributed by atoms with Gasteiger partial charge in [0, 0.05) is 28.7 Å². The number of primary amides is 1. The van der Waals surface area contributed by atoms with E-state index in [0.717, 1.165) is 36.9 Å². The van der Waals surface area contributed by atoms with E-state index in [2.05, 4.69) is 5.10 Å². The van der Waals surface area contributed by atoms with Crippen molar-refractivity contribution < 1.29 is 14.3 Å². The van der Waals surface area contributed by atoms with Crippen LogP contribution in [0.3, 0.4) is 0 Å². The topological polar surface area (TPSA) is 116 Å². The van der Waals surface area contributed by atoms with Gasteiger partial charge in [-0.2, -0.15) is 5.10 Å². The lowest BCUT2D eigenvalue weighted by atomic mass is 9.88. The minimum Gasteiger partial charge on any atom is -0.497 e. The zero-order chi connectivity index (χ0) is 23.0. The Morgan fingerprint density at radius 3 is 2.18 bits per heavy atom. The summed E-state index contributed by atoms with van der Waals surface area (Å²) in [5.41, 5.74) is 15.4. The molecule has 0 bridgehead atoms. The number of benzene rings is 2. The Balaban J connectivity index is 1.47. The molecule has 33 heavy (non-hydrogen) atoms. The molecule has 168 valence electrons. The van der Waals surface area contributed by atoms with E-state index >= 15 is 0 Å². The van der Waals surface area contributed by atoms with E-state index in [0.29, 0.717) is 29.2 Å². The molecule has 0 saturated heterocycles. The van der Waals surface area contributed by atoms with Crippen molar-refractivity contribution in [1.29, 1.82) is 0 Å². The van der Waals surface area contributed by atoms with Gasteiger partial charge < -0.3 is 21.1 Å². The van der Waals surface area contributed by atoms with Crippen LogP contribution < -0.4 is 21.1 Å². The van der Waals surface area contributed by atoms with Gasteiger partial charge >= 0.3 is 0 Å². The monoisotopic (exact) mass is 443 g/mol. The van der Waals surface area contributed by atoms with Crippen molar-refractivity contribution in [3.05, 3.63) is 71.0 Å². The molecule has 4 N–H and O–H groups in total. The highest BCUT2D eigenvalue weighted by Crippen LogP contribution is 2.54. The van der Waals surface area contributed by atoms with Crippen molar-refractivity contribution >= 4 is 17.5 Å². The van der Waals surface area contributed by atoms with Gasteiger partial charge in [-0.1, -0.05) is 12.1 Å². The average molecular weight is 444 g/mol. The molecule has 2 aliphatic carbocycles. The lowest BCUT2D eigenvalue weighted by Crippen LogP contribution is -2.44. The molecule has 8 heteroatoms. The lowest BCUT2D eigenvalue weighted by molar-refractivity contribution is 0.0966. The number of ether oxygens (including phenoxy) is 1. The SMILES string of the molecule is COc1ccc(-n2nc(C(N)=O)c3c2C(=O)N(c2ccc(C4(N)CC4)cc2)CC32CC2)cc1. The third kappa shape index (κ3) is 2.97. The molecular formula is C25H25N5O3. The Bertz CT molecular complexity index is 1280. The van der Waals surface area contributed by atoms with E-state index < -0.39 is 5.91 Å². The molecule has 3 aliphatic rings. The molecule has 6 rings (SSSR count). The van der Waals surface area contributed by atoms with Crippen LogP contribution in [0.2, 0.25) is 0 Å². The van der Waals surface area contributed by atoms with E-state index in [1.54, 1.807) is 28.8 Å². The summed E-state index contributed by atoms with van der Waals surface area (Å²) in [4.78, 5) is 28.0. The number of nitrogens with zero attached hydrogens (tertiary/aromatic N) is 3. The summed E-state index contributed by atoms with van der Waals surface area (Å²) in [6, 6.07) is 15.2. The van der Waals surface area contributed by atoms with Gasteiger partial charge in [0.2, 0.25) is 0 Å². The molecule has 0 atom stereocenters. The van der Waals surface area contributed by atoms with Crippen LogP contribution in [-0.4, -0.2) is 35.2 Å².